The molecule has 1 fully saturated rings. The predicted octanol–water partition coefficient (Wildman–Crippen LogP) is 1.67. The molecule has 0 aromatic carbocycles. The van der Waals surface area contributed by atoms with E-state index < -0.39 is 0 Å². The summed E-state index contributed by atoms with van der Waals surface area (Å²) in [6.07, 6.45) is 3.07. The topological polar surface area (TPSA) is 58.6 Å². The second-order valence-electron chi connectivity index (χ2n) is 4.61. The minimum atomic E-state index is -0.298. The van der Waals surface area contributed by atoms with E-state index in [1.807, 2.05) is 11.4 Å². The molecular weight excluding hydrogens is 274 g/mol. The SMILES string of the molecule is O=C(NCc1sccc1C#CCCO)C1CCCCO1. The van der Waals surface area contributed by atoms with Crippen molar-refractivity contribution in [3.05, 3.63) is 21.9 Å². The Morgan fingerprint density at radius 1 is 1.55 bits per heavy atom. The van der Waals surface area contributed by atoms with Gasteiger partial charge in [0, 0.05) is 23.5 Å². The van der Waals surface area contributed by atoms with Crippen LogP contribution in [0.25, 0.3) is 0 Å². The van der Waals surface area contributed by atoms with E-state index in [0.717, 1.165) is 29.7 Å². The molecule has 1 aliphatic heterocycles. The molecule has 108 valence electrons. The molecule has 1 aliphatic rings. The Labute approximate surface area is 123 Å². The smallest absolute Gasteiger partial charge is 0.249 e. The summed E-state index contributed by atoms with van der Waals surface area (Å²) < 4.78 is 5.45. The predicted molar refractivity (Wildman–Crippen MR) is 78.3 cm³/mol. The van der Waals surface area contributed by atoms with Crippen LogP contribution in [0.4, 0.5) is 0 Å². The second kappa shape index (κ2) is 8.05. The van der Waals surface area contributed by atoms with Gasteiger partial charge in [0.2, 0.25) is 5.91 Å². The Hall–Kier alpha value is -1.35. The van der Waals surface area contributed by atoms with Gasteiger partial charge >= 0.3 is 0 Å². The number of carbonyl (C=O) groups excluding carboxylic acids is 1. The summed E-state index contributed by atoms with van der Waals surface area (Å²) in [7, 11) is 0. The number of hydrogen-bond donors (Lipinski definition) is 2. The number of aliphatic hydroxyl groups is 1. The second-order valence-corrected chi connectivity index (χ2v) is 5.61. The largest absolute Gasteiger partial charge is 0.395 e. The number of carbonyl (C=O) groups is 1. The molecule has 0 radical (unpaired) electrons. The molecular formula is C15H19NO3S. The fraction of sp³-hybridized carbons (Fsp3) is 0.533. The molecule has 1 atom stereocenters. The molecule has 1 amide bonds. The van der Waals surface area contributed by atoms with E-state index in [9.17, 15) is 4.79 Å². The lowest BCUT2D eigenvalue weighted by Crippen LogP contribution is -2.37. The molecule has 5 heteroatoms. The third-order valence-corrected chi connectivity index (χ3v) is 4.02. The van der Waals surface area contributed by atoms with Gasteiger partial charge in [-0.15, -0.1) is 11.3 Å². The number of ether oxygens (including phenoxy) is 1. The van der Waals surface area contributed by atoms with Crippen LogP contribution in [0.5, 0.6) is 0 Å². The minimum Gasteiger partial charge on any atom is -0.395 e. The molecule has 0 saturated carbocycles. The molecule has 1 aromatic heterocycles. The summed E-state index contributed by atoms with van der Waals surface area (Å²) in [5.41, 5.74) is 0.924. The Kier molecular flexibility index (Phi) is 6.06. The zero-order valence-electron chi connectivity index (χ0n) is 11.4. The van der Waals surface area contributed by atoms with Gasteiger partial charge in [0.05, 0.1) is 13.2 Å². The number of amides is 1. The average Bonchev–Trinajstić information content (AvgIpc) is 2.93. The van der Waals surface area contributed by atoms with Gasteiger partial charge in [-0.05, 0) is 30.7 Å². The summed E-state index contributed by atoms with van der Waals surface area (Å²) in [4.78, 5) is 13.0. The molecule has 0 spiro atoms. The van der Waals surface area contributed by atoms with Crippen LogP contribution in [-0.2, 0) is 16.1 Å². The third-order valence-electron chi connectivity index (χ3n) is 3.10. The molecule has 20 heavy (non-hydrogen) atoms. The van der Waals surface area contributed by atoms with Crippen LogP contribution >= 0.6 is 11.3 Å². The van der Waals surface area contributed by atoms with Gasteiger partial charge in [0.1, 0.15) is 6.10 Å². The molecule has 1 saturated heterocycles. The van der Waals surface area contributed by atoms with Crippen molar-refractivity contribution in [1.82, 2.24) is 5.32 Å². The monoisotopic (exact) mass is 293 g/mol. The highest BCUT2D eigenvalue weighted by atomic mass is 32.1. The van der Waals surface area contributed by atoms with Crippen molar-refractivity contribution in [2.75, 3.05) is 13.2 Å². The van der Waals surface area contributed by atoms with E-state index in [4.69, 9.17) is 9.84 Å². The Morgan fingerprint density at radius 2 is 2.45 bits per heavy atom. The number of nitrogens with one attached hydrogen (secondary N) is 1. The quantitative estimate of drug-likeness (QED) is 0.830. The number of thiophene rings is 1. The lowest BCUT2D eigenvalue weighted by Gasteiger charge is -2.21. The third kappa shape index (κ3) is 4.34. The van der Waals surface area contributed by atoms with Crippen LogP contribution in [0.1, 0.15) is 36.1 Å². The first kappa shape index (κ1) is 15.0. The molecule has 1 unspecified atom stereocenters. The van der Waals surface area contributed by atoms with E-state index in [1.54, 1.807) is 11.3 Å². The maximum Gasteiger partial charge on any atom is 0.249 e. The van der Waals surface area contributed by atoms with Gasteiger partial charge in [0.25, 0.3) is 0 Å². The van der Waals surface area contributed by atoms with Crippen molar-refractivity contribution < 1.29 is 14.6 Å². The van der Waals surface area contributed by atoms with Gasteiger partial charge in [-0.1, -0.05) is 11.8 Å². The van der Waals surface area contributed by atoms with E-state index >= 15 is 0 Å². The number of aliphatic hydroxyl groups excluding tert-OH is 1. The number of rotatable bonds is 4. The van der Waals surface area contributed by atoms with Crippen molar-refractivity contribution >= 4 is 17.2 Å². The van der Waals surface area contributed by atoms with Crippen LogP contribution < -0.4 is 5.32 Å². The molecule has 4 nitrogen and oxygen atoms in total. The van der Waals surface area contributed by atoms with Crippen LogP contribution in [0.2, 0.25) is 0 Å². The molecule has 2 heterocycles. The normalized spacial score (nSPS) is 18.1. The summed E-state index contributed by atoms with van der Waals surface area (Å²) in [5, 5.41) is 13.6. The maximum atomic E-state index is 12.0. The van der Waals surface area contributed by atoms with Crippen LogP contribution in [0.3, 0.4) is 0 Å². The average molecular weight is 293 g/mol. The zero-order valence-corrected chi connectivity index (χ0v) is 12.2. The van der Waals surface area contributed by atoms with E-state index in [-0.39, 0.29) is 18.6 Å². The minimum absolute atomic E-state index is 0.0348. The van der Waals surface area contributed by atoms with Crippen LogP contribution in [0, 0.1) is 11.8 Å². The summed E-state index contributed by atoms with van der Waals surface area (Å²) >= 11 is 1.58. The molecule has 2 rings (SSSR count). The van der Waals surface area contributed by atoms with Gasteiger partial charge in [0.15, 0.2) is 0 Å². The Morgan fingerprint density at radius 3 is 3.20 bits per heavy atom. The lowest BCUT2D eigenvalue weighted by atomic mass is 10.1. The van der Waals surface area contributed by atoms with Crippen molar-refractivity contribution in [3.63, 3.8) is 0 Å². The molecule has 1 aromatic rings. The maximum absolute atomic E-state index is 12.0. The van der Waals surface area contributed by atoms with E-state index in [0.29, 0.717) is 19.6 Å². The van der Waals surface area contributed by atoms with Crippen LogP contribution in [-0.4, -0.2) is 30.3 Å². The first-order valence-corrected chi connectivity index (χ1v) is 7.74. The van der Waals surface area contributed by atoms with Crippen molar-refractivity contribution in [2.45, 2.75) is 38.3 Å². The van der Waals surface area contributed by atoms with Gasteiger partial charge in [-0.3, -0.25) is 4.79 Å². The fourth-order valence-electron chi connectivity index (χ4n) is 2.03. The summed E-state index contributed by atoms with van der Waals surface area (Å²) in [6, 6.07) is 1.94. The van der Waals surface area contributed by atoms with E-state index in [2.05, 4.69) is 17.2 Å². The fourth-order valence-corrected chi connectivity index (χ4v) is 2.80. The van der Waals surface area contributed by atoms with Crippen molar-refractivity contribution in [2.24, 2.45) is 0 Å². The van der Waals surface area contributed by atoms with Crippen molar-refractivity contribution in [3.8, 4) is 11.8 Å². The van der Waals surface area contributed by atoms with Crippen molar-refractivity contribution in [1.29, 1.82) is 0 Å². The highest BCUT2D eigenvalue weighted by Gasteiger charge is 2.21. The van der Waals surface area contributed by atoms with Crippen LogP contribution in [0.15, 0.2) is 11.4 Å². The van der Waals surface area contributed by atoms with E-state index in [1.165, 1.54) is 0 Å². The standard InChI is InChI=1S/C15H19NO3S/c17-8-3-1-5-12-7-10-20-14(12)11-16-15(18)13-6-2-4-9-19-13/h7,10,13,17H,2-4,6,8-9,11H2,(H,16,18). The first-order valence-electron chi connectivity index (χ1n) is 6.86. The van der Waals surface area contributed by atoms with Gasteiger partial charge in [-0.2, -0.15) is 0 Å². The number of hydrogen-bond acceptors (Lipinski definition) is 4. The van der Waals surface area contributed by atoms with Gasteiger partial charge < -0.3 is 15.2 Å². The summed E-state index contributed by atoms with van der Waals surface area (Å²) in [6.45, 7) is 1.23. The molecule has 2 N–H and O–H groups in total. The highest BCUT2D eigenvalue weighted by Crippen LogP contribution is 2.17. The lowest BCUT2D eigenvalue weighted by molar-refractivity contribution is -0.135. The first-order chi connectivity index (χ1) is 9.81. The Balaban J connectivity index is 1.86. The molecule has 0 aliphatic carbocycles. The Bertz CT molecular complexity index is 495. The highest BCUT2D eigenvalue weighted by molar-refractivity contribution is 7.10. The summed E-state index contributed by atoms with van der Waals surface area (Å²) in [5.74, 6) is 5.88. The molecule has 0 bridgehead atoms. The van der Waals surface area contributed by atoms with Gasteiger partial charge in [-0.25, -0.2) is 0 Å². The zero-order chi connectivity index (χ0) is 14.2.